The monoisotopic (exact) mass is 240 g/mol. The summed E-state index contributed by atoms with van der Waals surface area (Å²) in [5.41, 5.74) is -0.718. The van der Waals surface area contributed by atoms with Crippen molar-refractivity contribution in [2.75, 3.05) is 26.7 Å². The summed E-state index contributed by atoms with van der Waals surface area (Å²) in [6.07, 6.45) is 2.10. The van der Waals surface area contributed by atoms with Crippen LogP contribution in [0.2, 0.25) is 0 Å². The van der Waals surface area contributed by atoms with Crippen molar-refractivity contribution in [2.24, 2.45) is 17.8 Å². The van der Waals surface area contributed by atoms with Crippen LogP contribution in [0.3, 0.4) is 0 Å². The van der Waals surface area contributed by atoms with E-state index >= 15 is 0 Å². The topological polar surface area (TPSA) is 52.6 Å². The first-order valence-corrected chi connectivity index (χ1v) is 6.64. The van der Waals surface area contributed by atoms with Crippen LogP contribution in [0.4, 0.5) is 0 Å². The maximum atomic E-state index is 11.6. The standard InChI is InChI=1S/C13H24N2O2/c1-9-6-15(7-10(9)2)8-13(14-3,12(16)17)11-4-5-11/h9-11,14H,4-8H2,1-3H3,(H,16,17). The molecule has 3 unspecified atom stereocenters. The van der Waals surface area contributed by atoms with E-state index in [1.807, 2.05) is 0 Å². The number of carboxylic acid groups (broad SMARTS) is 1. The summed E-state index contributed by atoms with van der Waals surface area (Å²) < 4.78 is 0. The number of nitrogens with zero attached hydrogens (tertiary/aromatic N) is 1. The van der Waals surface area contributed by atoms with Crippen LogP contribution < -0.4 is 5.32 Å². The number of hydrogen-bond donors (Lipinski definition) is 2. The zero-order valence-corrected chi connectivity index (χ0v) is 11.1. The quantitative estimate of drug-likeness (QED) is 0.753. The first kappa shape index (κ1) is 12.8. The molecule has 0 bridgehead atoms. The first-order chi connectivity index (χ1) is 7.99. The van der Waals surface area contributed by atoms with Gasteiger partial charge in [0, 0.05) is 19.6 Å². The van der Waals surface area contributed by atoms with Gasteiger partial charge >= 0.3 is 5.97 Å². The molecular formula is C13H24N2O2. The van der Waals surface area contributed by atoms with Gasteiger partial charge in [0.05, 0.1) is 0 Å². The number of aliphatic carboxylic acids is 1. The van der Waals surface area contributed by atoms with Gasteiger partial charge in [-0.15, -0.1) is 0 Å². The second kappa shape index (κ2) is 4.58. The maximum absolute atomic E-state index is 11.6. The van der Waals surface area contributed by atoms with Crippen LogP contribution in [0.1, 0.15) is 26.7 Å². The van der Waals surface area contributed by atoms with Crippen molar-refractivity contribution >= 4 is 5.97 Å². The molecule has 0 spiro atoms. The summed E-state index contributed by atoms with van der Waals surface area (Å²) in [5.74, 6) is 0.987. The lowest BCUT2D eigenvalue weighted by Gasteiger charge is -2.33. The molecule has 98 valence electrons. The van der Waals surface area contributed by atoms with Crippen LogP contribution >= 0.6 is 0 Å². The zero-order chi connectivity index (χ0) is 12.6. The molecule has 1 aliphatic heterocycles. The van der Waals surface area contributed by atoms with Gasteiger partial charge in [-0.1, -0.05) is 13.8 Å². The molecule has 0 aromatic carbocycles. The Bertz CT molecular complexity index is 294. The SMILES string of the molecule is CNC(CN1CC(C)C(C)C1)(C(=O)O)C1CC1. The fraction of sp³-hybridized carbons (Fsp3) is 0.923. The lowest BCUT2D eigenvalue weighted by Crippen LogP contribution is -2.59. The van der Waals surface area contributed by atoms with Gasteiger partial charge < -0.3 is 15.3 Å². The fourth-order valence-electron chi connectivity index (χ4n) is 3.07. The summed E-state index contributed by atoms with van der Waals surface area (Å²) in [5, 5.41) is 12.6. The highest BCUT2D eigenvalue weighted by atomic mass is 16.4. The molecule has 2 fully saturated rings. The number of nitrogens with one attached hydrogen (secondary N) is 1. The lowest BCUT2D eigenvalue weighted by molar-refractivity contribution is -0.146. The van der Waals surface area contributed by atoms with Crippen LogP contribution in [0.25, 0.3) is 0 Å². The second-order valence-electron chi connectivity index (χ2n) is 5.95. The van der Waals surface area contributed by atoms with Crippen molar-refractivity contribution in [1.29, 1.82) is 0 Å². The van der Waals surface area contributed by atoms with Crippen molar-refractivity contribution < 1.29 is 9.90 Å². The van der Waals surface area contributed by atoms with E-state index in [-0.39, 0.29) is 0 Å². The van der Waals surface area contributed by atoms with Crippen LogP contribution in [-0.4, -0.2) is 48.2 Å². The number of hydrogen-bond acceptors (Lipinski definition) is 3. The average Bonchev–Trinajstić information content (AvgIpc) is 3.04. The molecule has 2 aliphatic rings. The third-order valence-electron chi connectivity index (χ3n) is 4.64. The van der Waals surface area contributed by atoms with E-state index in [1.54, 1.807) is 7.05 Å². The Balaban J connectivity index is 2.05. The summed E-state index contributed by atoms with van der Waals surface area (Å²) in [6.45, 7) is 7.22. The zero-order valence-electron chi connectivity index (χ0n) is 11.1. The molecule has 1 saturated carbocycles. The summed E-state index contributed by atoms with van der Waals surface area (Å²) in [6, 6.07) is 0. The molecule has 0 amide bonds. The molecule has 3 atom stereocenters. The summed E-state index contributed by atoms with van der Waals surface area (Å²) >= 11 is 0. The summed E-state index contributed by atoms with van der Waals surface area (Å²) in [4.78, 5) is 13.9. The third-order valence-corrected chi connectivity index (χ3v) is 4.64. The Hall–Kier alpha value is -0.610. The van der Waals surface area contributed by atoms with Crippen LogP contribution in [-0.2, 0) is 4.79 Å². The van der Waals surface area contributed by atoms with Gasteiger partial charge in [0.2, 0.25) is 0 Å². The predicted octanol–water partition coefficient (Wildman–Crippen LogP) is 1.03. The van der Waals surface area contributed by atoms with Crippen LogP contribution in [0.15, 0.2) is 0 Å². The van der Waals surface area contributed by atoms with Gasteiger partial charge in [-0.3, -0.25) is 4.79 Å². The normalized spacial score (nSPS) is 33.6. The van der Waals surface area contributed by atoms with Gasteiger partial charge in [-0.25, -0.2) is 0 Å². The Morgan fingerprint density at radius 2 is 1.88 bits per heavy atom. The number of carbonyl (C=O) groups is 1. The van der Waals surface area contributed by atoms with Gasteiger partial charge in [0.25, 0.3) is 0 Å². The molecule has 2 N–H and O–H groups in total. The van der Waals surface area contributed by atoms with Gasteiger partial charge in [-0.2, -0.15) is 0 Å². The fourth-order valence-corrected chi connectivity index (χ4v) is 3.07. The van der Waals surface area contributed by atoms with Gasteiger partial charge in [0.1, 0.15) is 5.54 Å². The van der Waals surface area contributed by atoms with Crippen LogP contribution in [0, 0.1) is 17.8 Å². The minimum atomic E-state index is -0.718. The molecular weight excluding hydrogens is 216 g/mol. The Morgan fingerprint density at radius 3 is 2.24 bits per heavy atom. The van der Waals surface area contributed by atoms with E-state index in [4.69, 9.17) is 0 Å². The Morgan fingerprint density at radius 1 is 1.35 bits per heavy atom. The Labute approximate surface area is 103 Å². The molecule has 0 radical (unpaired) electrons. The van der Waals surface area contributed by atoms with Crippen molar-refractivity contribution in [3.63, 3.8) is 0 Å². The van der Waals surface area contributed by atoms with E-state index < -0.39 is 11.5 Å². The van der Waals surface area contributed by atoms with Gasteiger partial charge in [-0.05, 0) is 37.6 Å². The molecule has 4 nitrogen and oxygen atoms in total. The second-order valence-corrected chi connectivity index (χ2v) is 5.95. The van der Waals surface area contributed by atoms with E-state index in [9.17, 15) is 9.90 Å². The molecule has 4 heteroatoms. The molecule has 1 aliphatic carbocycles. The molecule has 2 rings (SSSR count). The number of likely N-dealkylation sites (N-methyl/N-ethyl adjacent to an activating group) is 1. The predicted molar refractivity (Wildman–Crippen MR) is 66.9 cm³/mol. The lowest BCUT2D eigenvalue weighted by atomic mass is 9.92. The largest absolute Gasteiger partial charge is 0.480 e. The molecule has 0 aromatic rings. The van der Waals surface area contributed by atoms with E-state index in [0.29, 0.717) is 24.3 Å². The van der Waals surface area contributed by atoms with Crippen molar-refractivity contribution in [1.82, 2.24) is 10.2 Å². The minimum absolute atomic E-state index is 0.316. The molecule has 0 aromatic heterocycles. The van der Waals surface area contributed by atoms with Crippen molar-refractivity contribution in [3.8, 4) is 0 Å². The Kier molecular flexibility index (Phi) is 3.46. The smallest absolute Gasteiger partial charge is 0.325 e. The molecule has 1 saturated heterocycles. The average molecular weight is 240 g/mol. The molecule has 1 heterocycles. The van der Waals surface area contributed by atoms with Gasteiger partial charge in [0.15, 0.2) is 0 Å². The first-order valence-electron chi connectivity index (χ1n) is 6.64. The van der Waals surface area contributed by atoms with Crippen molar-refractivity contribution in [3.05, 3.63) is 0 Å². The highest BCUT2D eigenvalue weighted by Gasteiger charge is 2.51. The number of rotatable bonds is 5. The maximum Gasteiger partial charge on any atom is 0.325 e. The highest BCUT2D eigenvalue weighted by molar-refractivity contribution is 5.80. The van der Waals surface area contributed by atoms with E-state index in [0.717, 1.165) is 25.9 Å². The summed E-state index contributed by atoms with van der Waals surface area (Å²) in [7, 11) is 1.79. The van der Waals surface area contributed by atoms with Crippen molar-refractivity contribution in [2.45, 2.75) is 32.2 Å². The van der Waals surface area contributed by atoms with E-state index in [1.165, 1.54) is 0 Å². The van der Waals surface area contributed by atoms with E-state index in [2.05, 4.69) is 24.1 Å². The third kappa shape index (κ3) is 2.33. The molecule has 17 heavy (non-hydrogen) atoms. The number of likely N-dealkylation sites (tertiary alicyclic amines) is 1. The van der Waals surface area contributed by atoms with Crippen LogP contribution in [0.5, 0.6) is 0 Å². The highest BCUT2D eigenvalue weighted by Crippen LogP contribution is 2.41. The number of carboxylic acids is 1. The minimum Gasteiger partial charge on any atom is -0.480 e.